The van der Waals surface area contributed by atoms with Crippen molar-refractivity contribution < 1.29 is 28.5 Å². The molecule has 0 N–H and O–H groups in total. The summed E-state index contributed by atoms with van der Waals surface area (Å²) in [6.45, 7) is -0.00720. The molecule has 3 aromatic rings. The minimum atomic E-state index is -0.549. The first kappa shape index (κ1) is 28.4. The third-order valence-corrected chi connectivity index (χ3v) is 7.36. The molecule has 0 radical (unpaired) electrons. The SMILES string of the molecule is COC(=O)CN1C(=S)N(c2ccc(OC)cc2)C(=O)/C1=C/c1cc(OC)c(OCc2ccccc2Cl)cc1Br. The summed E-state index contributed by atoms with van der Waals surface area (Å²) in [5, 5.41) is 0.740. The van der Waals surface area contributed by atoms with Gasteiger partial charge in [0.05, 0.1) is 27.0 Å². The van der Waals surface area contributed by atoms with Crippen LogP contribution in [-0.2, 0) is 20.9 Å². The molecule has 1 amide bonds. The lowest BCUT2D eigenvalue weighted by Gasteiger charge is -2.19. The number of halogens is 2. The van der Waals surface area contributed by atoms with E-state index in [9.17, 15) is 9.59 Å². The summed E-state index contributed by atoms with van der Waals surface area (Å²) in [5.41, 5.74) is 2.15. The lowest BCUT2D eigenvalue weighted by molar-refractivity contribution is -0.140. The van der Waals surface area contributed by atoms with Crippen molar-refractivity contribution in [2.45, 2.75) is 6.61 Å². The number of hydrogen-bond acceptors (Lipinski definition) is 7. The van der Waals surface area contributed by atoms with E-state index in [1.165, 1.54) is 24.0 Å². The molecular formula is C28H24BrClN2O6S. The van der Waals surface area contributed by atoms with Crippen LogP contribution in [0.2, 0.25) is 5.02 Å². The molecule has 11 heteroatoms. The van der Waals surface area contributed by atoms with Crippen molar-refractivity contribution in [1.29, 1.82) is 0 Å². The quantitative estimate of drug-likeness (QED) is 0.166. The summed E-state index contributed by atoms with van der Waals surface area (Å²) >= 11 is 15.4. The van der Waals surface area contributed by atoms with Gasteiger partial charge in [0.1, 0.15) is 24.6 Å². The topological polar surface area (TPSA) is 77.5 Å². The van der Waals surface area contributed by atoms with Gasteiger partial charge in [0, 0.05) is 15.1 Å². The molecule has 1 saturated heterocycles. The predicted octanol–water partition coefficient (Wildman–Crippen LogP) is 5.85. The van der Waals surface area contributed by atoms with Crippen LogP contribution >= 0.6 is 39.7 Å². The predicted molar refractivity (Wildman–Crippen MR) is 156 cm³/mol. The summed E-state index contributed by atoms with van der Waals surface area (Å²) in [4.78, 5) is 28.7. The molecule has 0 unspecified atom stereocenters. The average molecular weight is 632 g/mol. The number of thiocarbonyl (C=S) groups is 1. The van der Waals surface area contributed by atoms with Crippen LogP contribution in [0.5, 0.6) is 17.2 Å². The number of methoxy groups -OCH3 is 3. The van der Waals surface area contributed by atoms with Crippen LogP contribution in [0.4, 0.5) is 5.69 Å². The fourth-order valence-electron chi connectivity index (χ4n) is 3.84. The lowest BCUT2D eigenvalue weighted by Crippen LogP contribution is -2.35. The van der Waals surface area contributed by atoms with E-state index >= 15 is 0 Å². The maximum absolute atomic E-state index is 13.6. The van der Waals surface area contributed by atoms with Crippen molar-refractivity contribution in [2.75, 3.05) is 32.8 Å². The molecule has 1 fully saturated rings. The molecule has 0 bridgehead atoms. The molecule has 39 heavy (non-hydrogen) atoms. The molecule has 1 heterocycles. The van der Waals surface area contributed by atoms with Gasteiger partial charge in [-0.3, -0.25) is 14.5 Å². The molecule has 4 rings (SSSR count). The third kappa shape index (κ3) is 6.19. The number of anilines is 1. The zero-order valence-corrected chi connectivity index (χ0v) is 24.4. The number of esters is 1. The molecular weight excluding hydrogens is 608 g/mol. The van der Waals surface area contributed by atoms with Crippen LogP contribution in [0.15, 0.2) is 70.8 Å². The Labute approximate surface area is 244 Å². The van der Waals surface area contributed by atoms with Crippen LogP contribution in [0, 0.1) is 0 Å². The van der Waals surface area contributed by atoms with Gasteiger partial charge in [-0.05, 0) is 66.3 Å². The van der Waals surface area contributed by atoms with Crippen LogP contribution in [-0.4, -0.2) is 49.8 Å². The molecule has 0 spiro atoms. The van der Waals surface area contributed by atoms with E-state index in [0.29, 0.717) is 38.0 Å². The zero-order chi connectivity index (χ0) is 28.1. The van der Waals surface area contributed by atoms with Crippen LogP contribution in [0.3, 0.4) is 0 Å². The Morgan fingerprint density at radius 1 is 1.03 bits per heavy atom. The van der Waals surface area contributed by atoms with E-state index in [1.807, 2.05) is 18.2 Å². The molecule has 202 valence electrons. The van der Waals surface area contributed by atoms with Crippen LogP contribution < -0.4 is 19.1 Å². The van der Waals surface area contributed by atoms with Gasteiger partial charge < -0.3 is 23.8 Å². The van der Waals surface area contributed by atoms with Crippen LogP contribution in [0.1, 0.15) is 11.1 Å². The Morgan fingerprint density at radius 2 is 1.74 bits per heavy atom. The normalized spacial score (nSPS) is 14.1. The fourth-order valence-corrected chi connectivity index (χ4v) is 4.82. The number of ether oxygens (including phenoxy) is 4. The third-order valence-electron chi connectivity index (χ3n) is 5.90. The highest BCUT2D eigenvalue weighted by atomic mass is 79.9. The summed E-state index contributed by atoms with van der Waals surface area (Å²) in [6.07, 6.45) is 1.63. The Balaban J connectivity index is 1.70. The first-order valence-electron chi connectivity index (χ1n) is 11.6. The number of rotatable bonds is 9. The number of carbonyl (C=O) groups is 2. The van der Waals surface area contributed by atoms with E-state index in [4.69, 9.17) is 42.8 Å². The average Bonchev–Trinajstić information content (AvgIpc) is 3.17. The van der Waals surface area contributed by atoms with Gasteiger partial charge in [0.15, 0.2) is 16.6 Å². The standard InChI is InChI=1S/C28H24BrClN2O6S/c1-35-20-10-8-19(9-11-20)32-27(34)23(31(28(32)39)15-26(33)37-3)12-18-13-24(36-2)25(14-21(18)29)38-16-17-6-4-5-7-22(17)30/h4-14H,15-16H2,1-3H3/b23-12-. The van der Waals surface area contributed by atoms with Crippen molar-refractivity contribution >= 4 is 68.5 Å². The van der Waals surface area contributed by atoms with Crippen molar-refractivity contribution in [3.8, 4) is 17.2 Å². The Kier molecular flexibility index (Phi) is 9.11. The second-order valence-electron chi connectivity index (χ2n) is 8.22. The highest BCUT2D eigenvalue weighted by molar-refractivity contribution is 9.10. The maximum atomic E-state index is 13.6. The number of amides is 1. The van der Waals surface area contributed by atoms with Crippen molar-refractivity contribution in [1.82, 2.24) is 4.90 Å². The number of carbonyl (C=O) groups excluding carboxylic acids is 2. The highest BCUT2D eigenvalue weighted by Crippen LogP contribution is 2.37. The first-order chi connectivity index (χ1) is 18.8. The molecule has 8 nitrogen and oxygen atoms in total. The Hall–Kier alpha value is -3.60. The number of benzene rings is 3. The summed E-state index contributed by atoms with van der Waals surface area (Å²) in [7, 11) is 4.35. The second-order valence-corrected chi connectivity index (χ2v) is 9.84. The van der Waals surface area contributed by atoms with Gasteiger partial charge in [-0.2, -0.15) is 0 Å². The lowest BCUT2D eigenvalue weighted by atomic mass is 10.1. The maximum Gasteiger partial charge on any atom is 0.325 e. The summed E-state index contributed by atoms with van der Waals surface area (Å²) in [6, 6.07) is 17.7. The molecule has 0 aromatic heterocycles. The van der Waals surface area contributed by atoms with Crippen LogP contribution in [0.25, 0.3) is 6.08 Å². The van der Waals surface area contributed by atoms with Gasteiger partial charge in [-0.1, -0.05) is 45.7 Å². The monoisotopic (exact) mass is 630 g/mol. The highest BCUT2D eigenvalue weighted by Gasteiger charge is 2.40. The molecule has 0 aliphatic carbocycles. The van der Waals surface area contributed by atoms with Crippen molar-refractivity contribution in [3.05, 3.63) is 87.0 Å². The Bertz CT molecular complexity index is 1450. The molecule has 1 aliphatic rings. The largest absolute Gasteiger partial charge is 0.497 e. The summed E-state index contributed by atoms with van der Waals surface area (Å²) < 4.78 is 22.2. The van der Waals surface area contributed by atoms with Crippen molar-refractivity contribution in [2.24, 2.45) is 0 Å². The molecule has 0 atom stereocenters. The Morgan fingerprint density at radius 3 is 2.38 bits per heavy atom. The second kappa shape index (κ2) is 12.5. The first-order valence-corrected chi connectivity index (χ1v) is 13.2. The molecule has 0 saturated carbocycles. The van der Waals surface area contributed by atoms with E-state index in [-0.39, 0.29) is 24.0 Å². The van der Waals surface area contributed by atoms with E-state index in [1.54, 1.807) is 55.7 Å². The van der Waals surface area contributed by atoms with Gasteiger partial charge in [0.25, 0.3) is 5.91 Å². The summed E-state index contributed by atoms with van der Waals surface area (Å²) in [5.74, 6) is 0.598. The minimum absolute atomic E-state index is 0.143. The number of nitrogens with zero attached hydrogens (tertiary/aromatic N) is 2. The zero-order valence-electron chi connectivity index (χ0n) is 21.3. The van der Waals surface area contributed by atoms with E-state index in [0.717, 1.165) is 5.56 Å². The molecule has 1 aliphatic heterocycles. The van der Waals surface area contributed by atoms with E-state index in [2.05, 4.69) is 15.9 Å². The van der Waals surface area contributed by atoms with Gasteiger partial charge in [-0.25, -0.2) is 0 Å². The fraction of sp³-hybridized carbons (Fsp3) is 0.179. The van der Waals surface area contributed by atoms with Gasteiger partial charge >= 0.3 is 5.97 Å². The van der Waals surface area contributed by atoms with Gasteiger partial charge in [-0.15, -0.1) is 0 Å². The number of hydrogen-bond donors (Lipinski definition) is 0. The van der Waals surface area contributed by atoms with Crippen molar-refractivity contribution in [3.63, 3.8) is 0 Å². The smallest absolute Gasteiger partial charge is 0.325 e. The van der Waals surface area contributed by atoms with Gasteiger partial charge in [0.2, 0.25) is 0 Å². The van der Waals surface area contributed by atoms with E-state index < -0.39 is 11.9 Å². The molecule has 3 aromatic carbocycles. The minimum Gasteiger partial charge on any atom is -0.497 e.